The summed E-state index contributed by atoms with van der Waals surface area (Å²) < 4.78 is 25.3. The van der Waals surface area contributed by atoms with Crippen molar-refractivity contribution < 1.29 is 18.0 Å². The molecule has 0 saturated carbocycles. The smallest absolute Gasteiger partial charge is 0.225 e. The normalized spacial score (nSPS) is 14.0. The van der Waals surface area contributed by atoms with Gasteiger partial charge in [-0.2, -0.15) is 0 Å². The Bertz CT molecular complexity index is 1040. The van der Waals surface area contributed by atoms with E-state index in [0.29, 0.717) is 28.6 Å². The minimum atomic E-state index is -3.67. The average molecular weight is 439 g/mol. The molecule has 6 nitrogen and oxygen atoms in total. The number of carbonyl (C=O) groups excluding carboxylic acids is 2. The summed E-state index contributed by atoms with van der Waals surface area (Å²) >= 11 is 7.40. The van der Waals surface area contributed by atoms with Gasteiger partial charge in [0.2, 0.25) is 11.8 Å². The summed E-state index contributed by atoms with van der Waals surface area (Å²) in [6, 6.07) is 9.72. The van der Waals surface area contributed by atoms with Crippen LogP contribution in [0, 0.1) is 6.92 Å². The standard InChI is InChI=1S/C19H19ClN2O4S2/c1-12-10-13(20)2-4-15(12)21-19(24)7-9-28(25,26)14-3-5-17-16(11-14)22-18(23)6-8-27-17/h2-5,10-11H,6-9H2,1H3,(H,21,24)(H,22,23). The second-order valence-corrected chi connectivity index (χ2v) is 10.1. The number of benzene rings is 2. The maximum absolute atomic E-state index is 12.6. The van der Waals surface area contributed by atoms with E-state index in [2.05, 4.69) is 10.6 Å². The molecule has 0 unspecified atom stereocenters. The number of sulfone groups is 1. The van der Waals surface area contributed by atoms with Crippen LogP contribution in [0.5, 0.6) is 0 Å². The van der Waals surface area contributed by atoms with Crippen molar-refractivity contribution in [3.63, 3.8) is 0 Å². The van der Waals surface area contributed by atoms with Gasteiger partial charge in [-0.15, -0.1) is 11.8 Å². The van der Waals surface area contributed by atoms with E-state index >= 15 is 0 Å². The first-order valence-corrected chi connectivity index (χ1v) is 11.6. The molecule has 28 heavy (non-hydrogen) atoms. The Hall–Kier alpha value is -2.03. The predicted molar refractivity (Wildman–Crippen MR) is 112 cm³/mol. The number of amides is 2. The number of thioether (sulfide) groups is 1. The Morgan fingerprint density at radius 2 is 2.04 bits per heavy atom. The van der Waals surface area contributed by atoms with E-state index in [9.17, 15) is 18.0 Å². The van der Waals surface area contributed by atoms with Gasteiger partial charge in [0, 0.05) is 34.2 Å². The molecule has 0 saturated heterocycles. The minimum Gasteiger partial charge on any atom is -0.326 e. The van der Waals surface area contributed by atoms with Crippen molar-refractivity contribution in [3.8, 4) is 0 Å². The van der Waals surface area contributed by atoms with E-state index in [4.69, 9.17) is 11.6 Å². The van der Waals surface area contributed by atoms with Crippen LogP contribution in [0.1, 0.15) is 18.4 Å². The van der Waals surface area contributed by atoms with E-state index in [1.165, 1.54) is 23.9 Å². The average Bonchev–Trinajstić information content (AvgIpc) is 2.82. The summed E-state index contributed by atoms with van der Waals surface area (Å²) in [7, 11) is -3.67. The fourth-order valence-electron chi connectivity index (χ4n) is 2.72. The molecule has 0 atom stereocenters. The van der Waals surface area contributed by atoms with Crippen LogP contribution in [0.2, 0.25) is 5.02 Å². The lowest BCUT2D eigenvalue weighted by atomic mass is 10.2. The molecule has 0 radical (unpaired) electrons. The molecular weight excluding hydrogens is 420 g/mol. The zero-order chi connectivity index (χ0) is 20.3. The Labute approximate surface area is 173 Å². The van der Waals surface area contributed by atoms with Gasteiger partial charge in [0.1, 0.15) is 0 Å². The van der Waals surface area contributed by atoms with Gasteiger partial charge >= 0.3 is 0 Å². The Kier molecular flexibility index (Phi) is 6.32. The first-order chi connectivity index (χ1) is 13.2. The van der Waals surface area contributed by atoms with Gasteiger partial charge in [0.25, 0.3) is 0 Å². The highest BCUT2D eigenvalue weighted by molar-refractivity contribution is 7.99. The first kappa shape index (κ1) is 20.7. The van der Waals surface area contributed by atoms with Crippen molar-refractivity contribution in [2.45, 2.75) is 29.6 Å². The molecule has 2 aromatic carbocycles. The van der Waals surface area contributed by atoms with Crippen molar-refractivity contribution in [1.82, 2.24) is 0 Å². The molecule has 2 amide bonds. The zero-order valence-electron chi connectivity index (χ0n) is 15.1. The molecule has 0 aromatic heterocycles. The third-order valence-electron chi connectivity index (χ3n) is 4.23. The van der Waals surface area contributed by atoms with Crippen LogP contribution in [0.15, 0.2) is 46.2 Å². The molecule has 148 valence electrons. The Morgan fingerprint density at radius 1 is 1.25 bits per heavy atom. The van der Waals surface area contributed by atoms with Crippen LogP contribution in [0.4, 0.5) is 11.4 Å². The lowest BCUT2D eigenvalue weighted by Gasteiger charge is -2.11. The van der Waals surface area contributed by atoms with Crippen molar-refractivity contribution in [2.75, 3.05) is 22.1 Å². The van der Waals surface area contributed by atoms with Gasteiger partial charge in [-0.25, -0.2) is 8.42 Å². The second kappa shape index (κ2) is 8.55. The van der Waals surface area contributed by atoms with Crippen LogP contribution in [0.25, 0.3) is 0 Å². The molecule has 9 heteroatoms. The minimum absolute atomic E-state index is 0.0875. The second-order valence-electron chi connectivity index (χ2n) is 6.38. The molecule has 3 rings (SSSR count). The number of carbonyl (C=O) groups is 2. The van der Waals surface area contributed by atoms with Crippen LogP contribution >= 0.6 is 23.4 Å². The molecule has 1 heterocycles. The largest absolute Gasteiger partial charge is 0.326 e. The van der Waals surface area contributed by atoms with Crippen LogP contribution in [-0.4, -0.2) is 31.7 Å². The number of aryl methyl sites for hydroxylation is 1. The molecule has 1 aliphatic heterocycles. The molecule has 2 aromatic rings. The summed E-state index contributed by atoms with van der Waals surface area (Å²) in [5, 5.41) is 5.99. The molecule has 2 N–H and O–H groups in total. The van der Waals surface area contributed by atoms with E-state index in [1.54, 1.807) is 31.2 Å². The molecule has 1 aliphatic rings. The lowest BCUT2D eigenvalue weighted by Crippen LogP contribution is -2.18. The number of rotatable bonds is 5. The first-order valence-electron chi connectivity index (χ1n) is 8.60. The third-order valence-corrected chi connectivity index (χ3v) is 7.26. The fraction of sp³-hybridized carbons (Fsp3) is 0.263. The van der Waals surface area contributed by atoms with Crippen molar-refractivity contribution in [3.05, 3.63) is 47.0 Å². The summed E-state index contributed by atoms with van der Waals surface area (Å²) in [6.07, 6.45) is 0.203. The van der Waals surface area contributed by atoms with E-state index < -0.39 is 15.7 Å². The van der Waals surface area contributed by atoms with Gasteiger partial charge in [-0.1, -0.05) is 11.6 Å². The van der Waals surface area contributed by atoms with Crippen molar-refractivity contribution in [2.24, 2.45) is 0 Å². The van der Waals surface area contributed by atoms with Crippen molar-refractivity contribution >= 4 is 56.4 Å². The quantitative estimate of drug-likeness (QED) is 0.738. The summed E-state index contributed by atoms with van der Waals surface area (Å²) in [6.45, 7) is 1.81. The highest BCUT2D eigenvalue weighted by Gasteiger charge is 2.20. The van der Waals surface area contributed by atoms with E-state index in [0.717, 1.165) is 10.5 Å². The van der Waals surface area contributed by atoms with E-state index in [-0.39, 0.29) is 23.0 Å². The van der Waals surface area contributed by atoms with Crippen LogP contribution in [-0.2, 0) is 19.4 Å². The van der Waals surface area contributed by atoms with Gasteiger partial charge in [-0.05, 0) is 48.9 Å². The maximum Gasteiger partial charge on any atom is 0.225 e. The number of nitrogens with one attached hydrogen (secondary N) is 2. The van der Waals surface area contributed by atoms with E-state index in [1.807, 2.05) is 0 Å². The number of halogens is 1. The van der Waals surface area contributed by atoms with Gasteiger partial charge in [0.05, 0.1) is 16.3 Å². The zero-order valence-corrected chi connectivity index (χ0v) is 17.5. The topological polar surface area (TPSA) is 92.3 Å². The summed E-state index contributed by atoms with van der Waals surface area (Å²) in [5.41, 5.74) is 1.88. The monoisotopic (exact) mass is 438 g/mol. The fourth-order valence-corrected chi connectivity index (χ4v) is 5.14. The van der Waals surface area contributed by atoms with Gasteiger partial charge in [0.15, 0.2) is 9.84 Å². The Morgan fingerprint density at radius 3 is 2.79 bits per heavy atom. The molecule has 0 fully saturated rings. The molecule has 0 spiro atoms. The van der Waals surface area contributed by atoms with Gasteiger partial charge < -0.3 is 10.6 Å². The third kappa shape index (κ3) is 5.06. The van der Waals surface area contributed by atoms with Crippen molar-refractivity contribution in [1.29, 1.82) is 0 Å². The van der Waals surface area contributed by atoms with Crippen LogP contribution in [0.3, 0.4) is 0 Å². The maximum atomic E-state index is 12.6. The number of hydrogen-bond donors (Lipinski definition) is 2. The van der Waals surface area contributed by atoms with Crippen LogP contribution < -0.4 is 10.6 Å². The summed E-state index contributed by atoms with van der Waals surface area (Å²) in [5.74, 6) is -0.216. The Balaban J connectivity index is 1.68. The number of hydrogen-bond acceptors (Lipinski definition) is 5. The highest BCUT2D eigenvalue weighted by Crippen LogP contribution is 2.33. The molecule has 0 bridgehead atoms. The SMILES string of the molecule is Cc1cc(Cl)ccc1NC(=O)CCS(=O)(=O)c1ccc2c(c1)NC(=O)CCS2. The molecular formula is C19H19ClN2O4S2. The summed E-state index contributed by atoms with van der Waals surface area (Å²) in [4.78, 5) is 24.8. The predicted octanol–water partition coefficient (Wildman–Crippen LogP) is 3.89. The highest BCUT2D eigenvalue weighted by atomic mass is 35.5. The lowest BCUT2D eigenvalue weighted by molar-refractivity contribution is -0.116. The number of fused-ring (bicyclic) bond motifs is 1. The molecule has 0 aliphatic carbocycles. The number of anilines is 2. The van der Waals surface area contributed by atoms with Gasteiger partial charge in [-0.3, -0.25) is 9.59 Å².